The van der Waals surface area contributed by atoms with Crippen molar-refractivity contribution >= 4 is 0 Å². The van der Waals surface area contributed by atoms with E-state index in [1.54, 1.807) is 0 Å². The minimum Gasteiger partial charge on any atom is -0.314 e. The van der Waals surface area contributed by atoms with Crippen LogP contribution in [0.3, 0.4) is 0 Å². The van der Waals surface area contributed by atoms with E-state index in [2.05, 4.69) is 33.0 Å². The zero-order chi connectivity index (χ0) is 12.0. The van der Waals surface area contributed by atoms with E-state index in [1.807, 2.05) is 0 Å². The van der Waals surface area contributed by atoms with E-state index in [0.717, 1.165) is 23.8 Å². The molecule has 1 nitrogen and oxygen atoms in total. The molecule has 1 saturated carbocycles. The number of hydrogen-bond donors (Lipinski definition) is 1. The first-order chi connectivity index (χ1) is 7.67. The lowest BCUT2D eigenvalue weighted by Gasteiger charge is -2.33. The molecule has 1 N–H and O–H groups in total. The molecule has 1 aliphatic carbocycles. The second-order valence-corrected chi connectivity index (χ2v) is 5.96. The average Bonchev–Trinajstić information content (AvgIpc) is 2.31. The second kappa shape index (κ2) is 7.32. The van der Waals surface area contributed by atoms with Crippen LogP contribution in [0.25, 0.3) is 0 Å². The minimum absolute atomic E-state index is 0.807. The van der Waals surface area contributed by atoms with Gasteiger partial charge in [0.05, 0.1) is 0 Å². The monoisotopic (exact) mass is 225 g/mol. The van der Waals surface area contributed by atoms with Gasteiger partial charge in [-0.1, -0.05) is 53.4 Å². The first-order valence-corrected chi connectivity index (χ1v) is 7.40. The van der Waals surface area contributed by atoms with Crippen LogP contribution in [0.1, 0.15) is 66.2 Å². The molecule has 1 aliphatic rings. The Labute approximate surface area is 102 Å². The van der Waals surface area contributed by atoms with Crippen LogP contribution in [0.4, 0.5) is 0 Å². The molecule has 0 heterocycles. The van der Waals surface area contributed by atoms with E-state index >= 15 is 0 Å². The van der Waals surface area contributed by atoms with E-state index < -0.39 is 0 Å². The van der Waals surface area contributed by atoms with E-state index in [4.69, 9.17) is 0 Å². The summed E-state index contributed by atoms with van der Waals surface area (Å²) in [5.74, 6) is 2.73. The van der Waals surface area contributed by atoms with Gasteiger partial charge in [-0.2, -0.15) is 0 Å². The predicted molar refractivity (Wildman–Crippen MR) is 72.7 cm³/mol. The Morgan fingerprint density at radius 1 is 1.12 bits per heavy atom. The number of nitrogens with one attached hydrogen (secondary N) is 1. The smallest absolute Gasteiger partial charge is 0.00699 e. The molecule has 2 unspecified atom stereocenters. The fraction of sp³-hybridized carbons (Fsp3) is 1.00. The maximum atomic E-state index is 3.81. The summed E-state index contributed by atoms with van der Waals surface area (Å²) >= 11 is 0. The molecule has 0 saturated heterocycles. The van der Waals surface area contributed by atoms with Gasteiger partial charge in [-0.05, 0) is 37.1 Å². The van der Waals surface area contributed by atoms with Gasteiger partial charge in [0.2, 0.25) is 0 Å². The summed E-state index contributed by atoms with van der Waals surface area (Å²) in [7, 11) is 0. The fourth-order valence-electron chi connectivity index (χ4n) is 2.93. The molecule has 0 aromatic carbocycles. The minimum atomic E-state index is 0.807. The van der Waals surface area contributed by atoms with Gasteiger partial charge < -0.3 is 5.32 Å². The molecule has 1 heteroatoms. The molecule has 0 aliphatic heterocycles. The zero-order valence-corrected chi connectivity index (χ0v) is 11.8. The molecular weight excluding hydrogens is 194 g/mol. The standard InChI is InChI=1S/C15H31N/c1-5-13(6-2)11-16-15-9-7-8-14(10-15)12(3)4/h12-16H,5-11H2,1-4H3. The second-order valence-electron chi connectivity index (χ2n) is 5.96. The summed E-state index contributed by atoms with van der Waals surface area (Å²) in [6.45, 7) is 10.6. The van der Waals surface area contributed by atoms with Crippen LogP contribution in [0.15, 0.2) is 0 Å². The summed E-state index contributed by atoms with van der Waals surface area (Å²) in [6, 6.07) is 0.807. The Morgan fingerprint density at radius 3 is 2.38 bits per heavy atom. The van der Waals surface area contributed by atoms with Crippen molar-refractivity contribution in [2.45, 2.75) is 72.3 Å². The van der Waals surface area contributed by atoms with Gasteiger partial charge in [-0.15, -0.1) is 0 Å². The van der Waals surface area contributed by atoms with Crippen LogP contribution < -0.4 is 5.32 Å². The lowest BCUT2D eigenvalue weighted by Crippen LogP contribution is -2.38. The van der Waals surface area contributed by atoms with Crippen LogP contribution in [-0.2, 0) is 0 Å². The van der Waals surface area contributed by atoms with E-state index in [1.165, 1.54) is 45.1 Å². The SMILES string of the molecule is CCC(CC)CNC1CCCC(C(C)C)C1. The topological polar surface area (TPSA) is 12.0 Å². The largest absolute Gasteiger partial charge is 0.314 e. The maximum Gasteiger partial charge on any atom is 0.00699 e. The average molecular weight is 225 g/mol. The normalized spacial score (nSPS) is 26.6. The summed E-state index contributed by atoms with van der Waals surface area (Å²) in [5.41, 5.74) is 0. The summed E-state index contributed by atoms with van der Waals surface area (Å²) < 4.78 is 0. The van der Waals surface area contributed by atoms with Crippen LogP contribution in [-0.4, -0.2) is 12.6 Å². The summed E-state index contributed by atoms with van der Waals surface area (Å²) in [6.07, 6.45) is 8.36. The maximum absolute atomic E-state index is 3.81. The van der Waals surface area contributed by atoms with Crippen molar-refractivity contribution in [1.29, 1.82) is 0 Å². The van der Waals surface area contributed by atoms with Gasteiger partial charge in [-0.3, -0.25) is 0 Å². The van der Waals surface area contributed by atoms with Gasteiger partial charge in [-0.25, -0.2) is 0 Å². The molecule has 0 aromatic rings. The van der Waals surface area contributed by atoms with Crippen LogP contribution in [0, 0.1) is 17.8 Å². The molecule has 16 heavy (non-hydrogen) atoms. The van der Waals surface area contributed by atoms with Crippen LogP contribution in [0.2, 0.25) is 0 Å². The zero-order valence-electron chi connectivity index (χ0n) is 11.8. The third-order valence-corrected chi connectivity index (χ3v) is 4.51. The van der Waals surface area contributed by atoms with Crippen molar-refractivity contribution in [1.82, 2.24) is 5.32 Å². The number of rotatable bonds is 6. The van der Waals surface area contributed by atoms with Gasteiger partial charge in [0.25, 0.3) is 0 Å². The van der Waals surface area contributed by atoms with Gasteiger partial charge in [0.1, 0.15) is 0 Å². The first-order valence-electron chi connectivity index (χ1n) is 7.40. The van der Waals surface area contributed by atoms with Gasteiger partial charge >= 0.3 is 0 Å². The Morgan fingerprint density at radius 2 is 1.81 bits per heavy atom. The highest BCUT2D eigenvalue weighted by Crippen LogP contribution is 2.30. The lowest BCUT2D eigenvalue weighted by atomic mass is 9.79. The molecule has 0 bridgehead atoms. The molecule has 96 valence electrons. The molecule has 0 radical (unpaired) electrons. The Kier molecular flexibility index (Phi) is 6.41. The van der Waals surface area contributed by atoms with Crippen molar-refractivity contribution in [2.24, 2.45) is 17.8 Å². The third kappa shape index (κ3) is 4.45. The van der Waals surface area contributed by atoms with E-state index in [-0.39, 0.29) is 0 Å². The van der Waals surface area contributed by atoms with Crippen molar-refractivity contribution in [3.8, 4) is 0 Å². The van der Waals surface area contributed by atoms with Gasteiger partial charge in [0, 0.05) is 6.04 Å². The van der Waals surface area contributed by atoms with Crippen molar-refractivity contribution in [2.75, 3.05) is 6.54 Å². The van der Waals surface area contributed by atoms with Crippen molar-refractivity contribution < 1.29 is 0 Å². The Balaban J connectivity index is 2.26. The van der Waals surface area contributed by atoms with E-state index in [9.17, 15) is 0 Å². The molecule has 1 fully saturated rings. The van der Waals surface area contributed by atoms with E-state index in [0.29, 0.717) is 0 Å². The third-order valence-electron chi connectivity index (χ3n) is 4.51. The summed E-state index contributed by atoms with van der Waals surface area (Å²) in [4.78, 5) is 0. The van der Waals surface area contributed by atoms with Crippen LogP contribution >= 0.6 is 0 Å². The number of hydrogen-bond acceptors (Lipinski definition) is 1. The summed E-state index contributed by atoms with van der Waals surface area (Å²) in [5, 5.41) is 3.81. The van der Waals surface area contributed by atoms with Gasteiger partial charge in [0.15, 0.2) is 0 Å². The molecular formula is C15H31N. The molecule has 0 aromatic heterocycles. The highest BCUT2D eigenvalue weighted by Gasteiger charge is 2.23. The van der Waals surface area contributed by atoms with Crippen LogP contribution in [0.5, 0.6) is 0 Å². The highest BCUT2D eigenvalue weighted by molar-refractivity contribution is 4.80. The molecule has 0 amide bonds. The predicted octanol–water partition coefficient (Wildman–Crippen LogP) is 4.23. The molecule has 2 atom stereocenters. The Bertz CT molecular complexity index is 172. The Hall–Kier alpha value is -0.0400. The lowest BCUT2D eigenvalue weighted by molar-refractivity contribution is 0.225. The first kappa shape index (κ1) is 14.0. The van der Waals surface area contributed by atoms with Crippen molar-refractivity contribution in [3.05, 3.63) is 0 Å². The van der Waals surface area contributed by atoms with Crippen molar-refractivity contribution in [3.63, 3.8) is 0 Å². The molecule has 1 rings (SSSR count). The molecule has 0 spiro atoms. The highest BCUT2D eigenvalue weighted by atomic mass is 14.9. The fourth-order valence-corrected chi connectivity index (χ4v) is 2.93. The quantitative estimate of drug-likeness (QED) is 0.713.